The largest absolute Gasteiger partial charge is 0.450 e. The van der Waals surface area contributed by atoms with Gasteiger partial charge in [-0.25, -0.2) is 0 Å². The number of carbonyl (C=O) groups is 1. The highest BCUT2D eigenvalue weighted by Crippen LogP contribution is 2.14. The van der Waals surface area contributed by atoms with E-state index in [-0.39, 0.29) is 13.0 Å². The molecule has 0 amide bonds. The number of nitriles is 1. The lowest BCUT2D eigenvalue weighted by Crippen LogP contribution is -2.07. The maximum atomic E-state index is 11.8. The molecule has 1 aromatic carbocycles. The second kappa shape index (κ2) is 8.01. The molecule has 0 aliphatic rings. The molecule has 0 spiro atoms. The molecule has 0 saturated heterocycles. The number of benzene rings is 1. The fourth-order valence-electron chi connectivity index (χ4n) is 1.24. The second-order valence-electron chi connectivity index (χ2n) is 3.43. The molecule has 0 N–H and O–H groups in total. The third-order valence-corrected chi connectivity index (χ3v) is 4.07. The number of ether oxygens (including phenoxy) is 1. The molecule has 0 saturated carbocycles. The minimum absolute atomic E-state index is 0.184. The summed E-state index contributed by atoms with van der Waals surface area (Å²) >= 11 is 3.30. The van der Waals surface area contributed by atoms with Crippen molar-refractivity contribution in [3.8, 4) is 6.07 Å². The Labute approximate surface area is 117 Å². The minimum atomic E-state index is -1.11. The molecule has 1 aromatic rings. The van der Waals surface area contributed by atoms with Crippen LogP contribution in [-0.2, 0) is 20.3 Å². The Hall–Kier alpha value is -1.19. The van der Waals surface area contributed by atoms with Crippen LogP contribution < -0.4 is 0 Å². The monoisotopic (exact) mass is 329 g/mol. The molecular weight excluding hydrogens is 318 g/mol. The van der Waals surface area contributed by atoms with Crippen LogP contribution in [0.5, 0.6) is 0 Å². The van der Waals surface area contributed by atoms with Gasteiger partial charge >= 0.3 is 5.97 Å². The molecule has 0 radical (unpaired) electrons. The van der Waals surface area contributed by atoms with Crippen molar-refractivity contribution in [2.45, 2.75) is 17.7 Å². The first-order valence-corrected chi connectivity index (χ1v) is 7.41. The molecular formula is C12H12BrNO3S. The average molecular weight is 330 g/mol. The van der Waals surface area contributed by atoms with Crippen molar-refractivity contribution < 1.29 is 13.7 Å². The number of hydrogen-bond acceptors (Lipinski definition) is 4. The molecule has 1 atom stereocenters. The van der Waals surface area contributed by atoms with Crippen molar-refractivity contribution in [2.75, 3.05) is 12.4 Å². The van der Waals surface area contributed by atoms with Gasteiger partial charge in [0.1, 0.15) is 6.07 Å². The van der Waals surface area contributed by atoms with Crippen LogP contribution in [0, 0.1) is 11.3 Å². The van der Waals surface area contributed by atoms with E-state index in [9.17, 15) is 9.00 Å². The highest BCUT2D eigenvalue weighted by atomic mass is 79.9. The van der Waals surface area contributed by atoms with Crippen LogP contribution in [-0.4, -0.2) is 22.5 Å². The molecule has 4 nitrogen and oxygen atoms in total. The summed E-state index contributed by atoms with van der Waals surface area (Å²) in [6.45, 7) is -0.228. The lowest BCUT2D eigenvalue weighted by atomic mass is 10.3. The normalized spacial score (nSPS) is 11.6. The van der Waals surface area contributed by atoms with Crippen LogP contribution in [0.3, 0.4) is 0 Å². The first kappa shape index (κ1) is 14.9. The fraction of sp³-hybridized carbons (Fsp3) is 0.333. The van der Waals surface area contributed by atoms with E-state index >= 15 is 0 Å². The van der Waals surface area contributed by atoms with Crippen LogP contribution in [0.4, 0.5) is 0 Å². The van der Waals surface area contributed by atoms with Crippen molar-refractivity contribution in [2.24, 2.45) is 0 Å². The molecule has 96 valence electrons. The molecule has 1 rings (SSSR count). The van der Waals surface area contributed by atoms with Crippen molar-refractivity contribution in [1.29, 1.82) is 5.26 Å². The van der Waals surface area contributed by atoms with Gasteiger partial charge in [0.2, 0.25) is 0 Å². The Morgan fingerprint density at radius 2 is 2.06 bits per heavy atom. The van der Waals surface area contributed by atoms with Crippen molar-refractivity contribution in [3.63, 3.8) is 0 Å². The minimum Gasteiger partial charge on any atom is -0.450 e. The third kappa shape index (κ3) is 5.43. The lowest BCUT2D eigenvalue weighted by molar-refractivity contribution is -0.142. The Kier molecular flexibility index (Phi) is 6.61. The third-order valence-electron chi connectivity index (χ3n) is 2.08. The summed E-state index contributed by atoms with van der Waals surface area (Å²) in [4.78, 5) is 11.8. The van der Waals surface area contributed by atoms with Gasteiger partial charge < -0.3 is 4.74 Å². The van der Waals surface area contributed by atoms with Gasteiger partial charge in [-0.15, -0.1) is 0 Å². The zero-order chi connectivity index (χ0) is 13.4. The quantitative estimate of drug-likeness (QED) is 0.751. The van der Waals surface area contributed by atoms with Crippen LogP contribution in [0.25, 0.3) is 0 Å². The second-order valence-corrected chi connectivity index (χ2v) is 5.91. The van der Waals surface area contributed by atoms with Crippen LogP contribution >= 0.6 is 15.9 Å². The average Bonchev–Trinajstić information content (AvgIpc) is 2.37. The smallest absolute Gasteiger partial charge is 0.306 e. The summed E-state index contributed by atoms with van der Waals surface area (Å²) < 4.78 is 17.4. The van der Waals surface area contributed by atoms with E-state index in [1.165, 1.54) is 0 Å². The van der Waals surface area contributed by atoms with E-state index in [4.69, 9.17) is 5.26 Å². The van der Waals surface area contributed by atoms with Gasteiger partial charge in [0.15, 0.2) is 6.61 Å². The maximum absolute atomic E-state index is 11.8. The SMILES string of the molecule is N#CCOC(=O)CCCS(=O)c1ccc(Br)cc1. The topological polar surface area (TPSA) is 67.2 Å². The van der Waals surface area contributed by atoms with Gasteiger partial charge in [0.25, 0.3) is 0 Å². The Morgan fingerprint density at radius 1 is 1.39 bits per heavy atom. The van der Waals surface area contributed by atoms with Crippen LogP contribution in [0.2, 0.25) is 0 Å². The molecule has 1 unspecified atom stereocenters. The highest BCUT2D eigenvalue weighted by molar-refractivity contribution is 9.10. The number of esters is 1. The van der Waals surface area contributed by atoms with Crippen molar-refractivity contribution in [1.82, 2.24) is 0 Å². The fourth-order valence-corrected chi connectivity index (χ4v) is 2.58. The zero-order valence-corrected chi connectivity index (χ0v) is 12.0. The first-order chi connectivity index (χ1) is 8.63. The van der Waals surface area contributed by atoms with E-state index in [2.05, 4.69) is 20.7 Å². The number of hydrogen-bond donors (Lipinski definition) is 0. The van der Waals surface area contributed by atoms with Crippen LogP contribution in [0.15, 0.2) is 33.6 Å². The summed E-state index contributed by atoms with van der Waals surface area (Å²) in [5.74, 6) is -0.0205. The highest BCUT2D eigenvalue weighted by Gasteiger charge is 2.07. The van der Waals surface area contributed by atoms with E-state index in [0.717, 1.165) is 9.37 Å². The Balaban J connectivity index is 2.31. The Bertz CT molecular complexity index is 467. The number of rotatable bonds is 6. The molecule has 0 aromatic heterocycles. The summed E-state index contributed by atoms with van der Waals surface area (Å²) in [6.07, 6.45) is 0.664. The molecule has 6 heteroatoms. The summed E-state index contributed by atoms with van der Waals surface area (Å²) in [7, 11) is -1.11. The first-order valence-electron chi connectivity index (χ1n) is 5.30. The molecule has 0 bridgehead atoms. The van der Waals surface area contributed by atoms with E-state index in [0.29, 0.717) is 12.2 Å². The van der Waals surface area contributed by atoms with E-state index < -0.39 is 16.8 Å². The zero-order valence-electron chi connectivity index (χ0n) is 9.60. The van der Waals surface area contributed by atoms with Gasteiger partial charge in [-0.1, -0.05) is 15.9 Å². The molecule has 0 aliphatic carbocycles. The van der Waals surface area contributed by atoms with Crippen molar-refractivity contribution in [3.05, 3.63) is 28.7 Å². The standard InChI is InChI=1S/C12H12BrNO3S/c13-10-3-5-11(6-4-10)18(16)9-1-2-12(15)17-8-7-14/h3-6H,1-2,8-9H2. The lowest BCUT2D eigenvalue weighted by Gasteiger charge is -2.02. The number of carbonyl (C=O) groups excluding carboxylic acids is 1. The molecule has 0 heterocycles. The van der Waals surface area contributed by atoms with Gasteiger partial charge in [0, 0.05) is 21.5 Å². The number of halogens is 1. The van der Waals surface area contributed by atoms with Gasteiger partial charge in [-0.3, -0.25) is 9.00 Å². The maximum Gasteiger partial charge on any atom is 0.306 e. The van der Waals surface area contributed by atoms with Crippen molar-refractivity contribution >= 4 is 32.7 Å². The predicted octanol–water partition coefficient (Wildman–Crippen LogP) is 2.40. The van der Waals surface area contributed by atoms with E-state index in [1.807, 2.05) is 12.1 Å². The van der Waals surface area contributed by atoms with Crippen LogP contribution in [0.1, 0.15) is 12.8 Å². The molecule has 18 heavy (non-hydrogen) atoms. The summed E-state index contributed by atoms with van der Waals surface area (Å²) in [5.41, 5.74) is 0. The van der Waals surface area contributed by atoms with E-state index in [1.54, 1.807) is 18.2 Å². The van der Waals surface area contributed by atoms with Gasteiger partial charge in [-0.2, -0.15) is 5.26 Å². The van der Waals surface area contributed by atoms with Gasteiger partial charge in [0.05, 0.1) is 10.8 Å². The molecule has 0 aliphatic heterocycles. The number of nitrogens with zero attached hydrogens (tertiary/aromatic N) is 1. The Morgan fingerprint density at radius 3 is 2.67 bits per heavy atom. The molecule has 0 fully saturated rings. The van der Waals surface area contributed by atoms with Gasteiger partial charge in [-0.05, 0) is 30.7 Å². The summed E-state index contributed by atoms with van der Waals surface area (Å²) in [6, 6.07) is 8.95. The predicted molar refractivity (Wildman–Crippen MR) is 71.2 cm³/mol. The summed E-state index contributed by atoms with van der Waals surface area (Å²) in [5, 5.41) is 8.22.